The van der Waals surface area contributed by atoms with E-state index in [-0.39, 0.29) is 0 Å². The Hall–Kier alpha value is -0.490. The van der Waals surface area contributed by atoms with Gasteiger partial charge in [0.25, 0.3) is 0 Å². The van der Waals surface area contributed by atoms with Gasteiger partial charge >= 0.3 is 0 Å². The fraction of sp³-hybridized carbons (Fsp3) is 0.500. The monoisotopic (exact) mass is 196 g/mol. The number of hydrogen-bond acceptors (Lipinski definition) is 0. The molecule has 0 aliphatic heterocycles. The summed E-state index contributed by atoms with van der Waals surface area (Å²) in [5.74, 6) is 1.48. The quantitative estimate of drug-likeness (QED) is 0.627. The maximum atomic E-state index is 5.83. The fourth-order valence-corrected chi connectivity index (χ4v) is 1.78. The van der Waals surface area contributed by atoms with Gasteiger partial charge in [-0.2, -0.15) is 0 Å². The van der Waals surface area contributed by atoms with Gasteiger partial charge in [0, 0.05) is 5.88 Å². The minimum absolute atomic E-state index is 0.682. The van der Waals surface area contributed by atoms with Crippen molar-refractivity contribution in [3.05, 3.63) is 35.9 Å². The molecule has 72 valence electrons. The first-order valence-electron chi connectivity index (χ1n) is 4.96. The molecule has 1 heteroatoms. The van der Waals surface area contributed by atoms with E-state index in [1.807, 2.05) is 0 Å². The number of benzene rings is 1. The highest BCUT2D eigenvalue weighted by Gasteiger charge is 2.03. The van der Waals surface area contributed by atoms with Crippen LogP contribution in [0, 0.1) is 5.92 Å². The molecule has 0 saturated heterocycles. The van der Waals surface area contributed by atoms with Crippen LogP contribution in [-0.4, -0.2) is 5.88 Å². The summed E-state index contributed by atoms with van der Waals surface area (Å²) < 4.78 is 0. The Morgan fingerprint density at radius 2 is 1.92 bits per heavy atom. The van der Waals surface area contributed by atoms with Crippen molar-refractivity contribution < 1.29 is 0 Å². The number of halogens is 1. The fourth-order valence-electron chi connectivity index (χ4n) is 1.41. The van der Waals surface area contributed by atoms with E-state index in [4.69, 9.17) is 11.6 Å². The third-order valence-electron chi connectivity index (χ3n) is 2.48. The molecule has 1 atom stereocenters. The van der Waals surface area contributed by atoms with Crippen molar-refractivity contribution >= 4 is 11.6 Å². The minimum Gasteiger partial charge on any atom is -0.126 e. The van der Waals surface area contributed by atoms with E-state index in [0.29, 0.717) is 5.92 Å². The van der Waals surface area contributed by atoms with Gasteiger partial charge in [-0.3, -0.25) is 0 Å². The molecular formula is C12H17Cl. The van der Waals surface area contributed by atoms with E-state index in [1.54, 1.807) is 0 Å². The van der Waals surface area contributed by atoms with E-state index in [1.165, 1.54) is 18.4 Å². The third-order valence-corrected chi connectivity index (χ3v) is 2.92. The lowest BCUT2D eigenvalue weighted by Gasteiger charge is -2.10. The molecule has 0 bridgehead atoms. The van der Waals surface area contributed by atoms with Crippen molar-refractivity contribution in [1.82, 2.24) is 0 Å². The summed E-state index contributed by atoms with van der Waals surface area (Å²) in [6, 6.07) is 10.6. The minimum atomic E-state index is 0.682. The average molecular weight is 197 g/mol. The van der Waals surface area contributed by atoms with Gasteiger partial charge in [0.2, 0.25) is 0 Å². The molecule has 1 unspecified atom stereocenters. The summed E-state index contributed by atoms with van der Waals surface area (Å²) in [6.07, 6.45) is 3.56. The van der Waals surface area contributed by atoms with Crippen molar-refractivity contribution in [2.75, 3.05) is 5.88 Å². The normalized spacial score (nSPS) is 12.8. The first-order chi connectivity index (χ1) is 6.36. The van der Waals surface area contributed by atoms with Crippen LogP contribution in [0.5, 0.6) is 0 Å². The lowest BCUT2D eigenvalue weighted by molar-refractivity contribution is 0.522. The summed E-state index contributed by atoms with van der Waals surface area (Å²) in [7, 11) is 0. The Bertz CT molecular complexity index is 214. The number of rotatable bonds is 5. The summed E-state index contributed by atoms with van der Waals surface area (Å²) in [5.41, 5.74) is 1.42. The van der Waals surface area contributed by atoms with Crippen LogP contribution in [0.4, 0.5) is 0 Å². The van der Waals surface area contributed by atoms with Gasteiger partial charge in [-0.05, 0) is 24.3 Å². The van der Waals surface area contributed by atoms with Gasteiger partial charge in [0.05, 0.1) is 0 Å². The molecule has 0 radical (unpaired) electrons. The SMILES string of the molecule is CCC(CCl)CCc1ccccc1. The Balaban J connectivity index is 2.34. The Labute approximate surface area is 85.9 Å². The largest absolute Gasteiger partial charge is 0.126 e. The maximum Gasteiger partial charge on any atom is 0.0251 e. The maximum absolute atomic E-state index is 5.83. The van der Waals surface area contributed by atoms with Gasteiger partial charge in [-0.1, -0.05) is 43.7 Å². The first kappa shape index (κ1) is 10.6. The van der Waals surface area contributed by atoms with Crippen LogP contribution in [0.3, 0.4) is 0 Å². The van der Waals surface area contributed by atoms with Gasteiger partial charge in [-0.25, -0.2) is 0 Å². The number of alkyl halides is 1. The highest BCUT2D eigenvalue weighted by Crippen LogP contribution is 2.14. The highest BCUT2D eigenvalue weighted by atomic mass is 35.5. The molecule has 0 aliphatic rings. The number of aryl methyl sites for hydroxylation is 1. The van der Waals surface area contributed by atoms with Crippen LogP contribution in [0.1, 0.15) is 25.3 Å². The van der Waals surface area contributed by atoms with Crippen molar-refractivity contribution in [2.24, 2.45) is 5.92 Å². The zero-order chi connectivity index (χ0) is 9.52. The summed E-state index contributed by atoms with van der Waals surface area (Å²) in [6.45, 7) is 2.21. The van der Waals surface area contributed by atoms with Crippen molar-refractivity contribution in [2.45, 2.75) is 26.2 Å². The van der Waals surface area contributed by atoms with Crippen LogP contribution in [-0.2, 0) is 6.42 Å². The van der Waals surface area contributed by atoms with Crippen LogP contribution < -0.4 is 0 Å². The lowest BCUT2D eigenvalue weighted by atomic mass is 9.99. The van der Waals surface area contributed by atoms with Crippen molar-refractivity contribution in [3.63, 3.8) is 0 Å². The van der Waals surface area contributed by atoms with E-state index < -0.39 is 0 Å². The summed E-state index contributed by atoms with van der Waals surface area (Å²) in [5, 5.41) is 0. The van der Waals surface area contributed by atoms with Gasteiger partial charge < -0.3 is 0 Å². The predicted molar refractivity (Wildman–Crippen MR) is 59.3 cm³/mol. The molecule has 0 nitrogen and oxygen atoms in total. The van der Waals surface area contributed by atoms with Gasteiger partial charge in [-0.15, -0.1) is 11.6 Å². The predicted octanol–water partition coefficient (Wildman–Crippen LogP) is 3.88. The molecule has 0 amide bonds. The molecule has 1 aromatic carbocycles. The zero-order valence-electron chi connectivity index (χ0n) is 8.17. The second kappa shape index (κ2) is 6.04. The van der Waals surface area contributed by atoms with Crippen LogP contribution in [0.25, 0.3) is 0 Å². The smallest absolute Gasteiger partial charge is 0.0251 e. The van der Waals surface area contributed by atoms with Gasteiger partial charge in [0.1, 0.15) is 0 Å². The molecule has 0 heterocycles. The summed E-state index contributed by atoms with van der Waals surface area (Å²) >= 11 is 5.83. The first-order valence-corrected chi connectivity index (χ1v) is 5.50. The van der Waals surface area contributed by atoms with Crippen molar-refractivity contribution in [1.29, 1.82) is 0 Å². The lowest BCUT2D eigenvalue weighted by Crippen LogP contribution is -2.02. The van der Waals surface area contributed by atoms with E-state index in [0.717, 1.165) is 12.3 Å². The number of hydrogen-bond donors (Lipinski definition) is 0. The molecule has 1 rings (SSSR count). The molecule has 1 aromatic rings. The highest BCUT2D eigenvalue weighted by molar-refractivity contribution is 6.18. The van der Waals surface area contributed by atoms with Gasteiger partial charge in [0.15, 0.2) is 0 Å². The molecule has 0 fully saturated rings. The third kappa shape index (κ3) is 3.82. The molecule has 0 aliphatic carbocycles. The Kier molecular flexibility index (Phi) is 4.92. The van der Waals surface area contributed by atoms with Crippen molar-refractivity contribution in [3.8, 4) is 0 Å². The van der Waals surface area contributed by atoms with E-state index in [9.17, 15) is 0 Å². The molecule has 0 aromatic heterocycles. The van der Waals surface area contributed by atoms with Crippen LogP contribution in [0.15, 0.2) is 30.3 Å². The zero-order valence-corrected chi connectivity index (χ0v) is 8.93. The Morgan fingerprint density at radius 1 is 1.23 bits per heavy atom. The molecule has 0 N–H and O–H groups in total. The van der Waals surface area contributed by atoms with E-state index in [2.05, 4.69) is 37.3 Å². The molecular weight excluding hydrogens is 180 g/mol. The average Bonchev–Trinajstić information content (AvgIpc) is 2.21. The molecule has 13 heavy (non-hydrogen) atoms. The molecule has 0 saturated carbocycles. The molecule has 0 spiro atoms. The second-order valence-corrected chi connectivity index (χ2v) is 3.76. The van der Waals surface area contributed by atoms with E-state index >= 15 is 0 Å². The van der Waals surface area contributed by atoms with Crippen LogP contribution in [0.2, 0.25) is 0 Å². The second-order valence-electron chi connectivity index (χ2n) is 3.45. The van der Waals surface area contributed by atoms with Crippen LogP contribution >= 0.6 is 11.6 Å². The Morgan fingerprint density at radius 3 is 2.46 bits per heavy atom. The standard InChI is InChI=1S/C12H17Cl/c1-2-11(10-13)8-9-12-6-4-3-5-7-12/h3-7,11H,2,8-10H2,1H3. The topological polar surface area (TPSA) is 0 Å². The summed E-state index contributed by atoms with van der Waals surface area (Å²) in [4.78, 5) is 0.